The van der Waals surface area contributed by atoms with Gasteiger partial charge in [0.25, 0.3) is 0 Å². The first-order valence-corrected chi connectivity index (χ1v) is 7.14. The molecule has 0 saturated carbocycles. The monoisotopic (exact) mass is 253 g/mol. The maximum absolute atomic E-state index is 6.00. The molecule has 0 radical (unpaired) electrons. The van der Waals surface area contributed by atoms with Crippen LogP contribution in [0, 0.1) is 0 Å². The van der Waals surface area contributed by atoms with Gasteiger partial charge in [0.05, 0.1) is 5.67 Å². The molecule has 1 atom stereocenters. The van der Waals surface area contributed by atoms with Crippen LogP contribution < -0.4 is 5.73 Å². The SMILES string of the molecule is CCO[Si](OCC)(OCC)C(N)CC.[SiH4]. The van der Waals surface area contributed by atoms with E-state index in [0.717, 1.165) is 6.42 Å². The Morgan fingerprint density at radius 2 is 1.27 bits per heavy atom. The van der Waals surface area contributed by atoms with Gasteiger partial charge in [0, 0.05) is 19.8 Å². The quantitative estimate of drug-likeness (QED) is 0.612. The van der Waals surface area contributed by atoms with Crippen molar-refractivity contribution in [2.75, 3.05) is 19.8 Å². The lowest BCUT2D eigenvalue weighted by molar-refractivity contribution is 0.0618. The molecule has 0 saturated heterocycles. The Morgan fingerprint density at radius 1 is 0.933 bits per heavy atom. The van der Waals surface area contributed by atoms with Crippen LogP contribution in [0.2, 0.25) is 0 Å². The minimum atomic E-state index is -2.62. The Bertz CT molecular complexity index is 132. The lowest BCUT2D eigenvalue weighted by Gasteiger charge is -2.32. The van der Waals surface area contributed by atoms with E-state index in [0.29, 0.717) is 19.8 Å². The molecular formula is C9H27NO3Si2. The van der Waals surface area contributed by atoms with Gasteiger partial charge in [-0.1, -0.05) is 6.92 Å². The van der Waals surface area contributed by atoms with Crippen molar-refractivity contribution in [2.45, 2.75) is 39.8 Å². The average molecular weight is 253 g/mol. The van der Waals surface area contributed by atoms with Crippen LogP contribution in [0.25, 0.3) is 0 Å². The second kappa shape index (κ2) is 9.50. The summed E-state index contributed by atoms with van der Waals surface area (Å²) < 4.78 is 16.9. The zero-order chi connectivity index (χ0) is 11.0. The molecule has 0 aliphatic heterocycles. The molecule has 0 bridgehead atoms. The fourth-order valence-electron chi connectivity index (χ4n) is 1.30. The second-order valence-electron chi connectivity index (χ2n) is 2.92. The summed E-state index contributed by atoms with van der Waals surface area (Å²) in [6, 6.07) is 0. The van der Waals surface area contributed by atoms with E-state index >= 15 is 0 Å². The van der Waals surface area contributed by atoms with Crippen molar-refractivity contribution in [1.82, 2.24) is 0 Å². The number of rotatable bonds is 8. The van der Waals surface area contributed by atoms with Gasteiger partial charge in [-0.3, -0.25) is 0 Å². The van der Waals surface area contributed by atoms with Crippen LogP contribution >= 0.6 is 0 Å². The molecule has 0 fully saturated rings. The first kappa shape index (κ1) is 17.7. The smallest absolute Gasteiger partial charge is 0.373 e. The van der Waals surface area contributed by atoms with Gasteiger partial charge < -0.3 is 19.0 Å². The van der Waals surface area contributed by atoms with Gasteiger partial charge in [-0.05, 0) is 38.2 Å². The summed E-state index contributed by atoms with van der Waals surface area (Å²) in [5.74, 6) is 0. The summed E-state index contributed by atoms with van der Waals surface area (Å²) in [7, 11) is -2.62. The number of hydrogen-bond donors (Lipinski definition) is 1. The fraction of sp³-hybridized carbons (Fsp3) is 1.00. The van der Waals surface area contributed by atoms with Gasteiger partial charge >= 0.3 is 8.80 Å². The largest absolute Gasteiger partial charge is 0.518 e. The molecule has 94 valence electrons. The molecule has 0 aromatic heterocycles. The minimum absolute atomic E-state index is 0. The molecule has 0 aliphatic carbocycles. The molecule has 1 unspecified atom stereocenters. The molecule has 15 heavy (non-hydrogen) atoms. The highest BCUT2D eigenvalue weighted by Gasteiger charge is 2.46. The Hall–Kier alpha value is 0.274. The van der Waals surface area contributed by atoms with Crippen LogP contribution in [-0.2, 0) is 13.3 Å². The zero-order valence-electron chi connectivity index (χ0n) is 9.71. The molecule has 6 heteroatoms. The van der Waals surface area contributed by atoms with E-state index < -0.39 is 8.80 Å². The molecule has 0 spiro atoms. The van der Waals surface area contributed by atoms with Crippen molar-refractivity contribution < 1.29 is 13.3 Å². The van der Waals surface area contributed by atoms with Gasteiger partial charge in [-0.25, -0.2) is 0 Å². The molecular weight excluding hydrogens is 226 g/mol. The Kier molecular flexibility index (Phi) is 11.2. The Labute approximate surface area is 98.9 Å². The van der Waals surface area contributed by atoms with Gasteiger partial charge in [0.2, 0.25) is 0 Å². The zero-order valence-corrected chi connectivity index (χ0v) is 10.7. The molecule has 0 aromatic rings. The predicted molar refractivity (Wildman–Crippen MR) is 70.2 cm³/mol. The summed E-state index contributed by atoms with van der Waals surface area (Å²) in [5, 5.41) is 0. The van der Waals surface area contributed by atoms with Crippen molar-refractivity contribution in [3.8, 4) is 0 Å². The van der Waals surface area contributed by atoms with E-state index in [2.05, 4.69) is 0 Å². The summed E-state index contributed by atoms with van der Waals surface area (Å²) in [6.45, 7) is 9.57. The second-order valence-corrected chi connectivity index (χ2v) is 5.73. The minimum Gasteiger partial charge on any atom is -0.373 e. The number of hydrogen-bond acceptors (Lipinski definition) is 4. The Morgan fingerprint density at radius 3 is 1.47 bits per heavy atom. The maximum Gasteiger partial charge on any atom is 0.518 e. The van der Waals surface area contributed by atoms with E-state index in [4.69, 9.17) is 19.0 Å². The van der Waals surface area contributed by atoms with E-state index in [-0.39, 0.29) is 16.6 Å². The third-order valence-corrected chi connectivity index (χ3v) is 5.32. The van der Waals surface area contributed by atoms with Crippen LogP contribution in [0.15, 0.2) is 0 Å². The summed E-state index contributed by atoms with van der Waals surface area (Å²) >= 11 is 0. The molecule has 0 aromatic carbocycles. The molecule has 4 nitrogen and oxygen atoms in total. The van der Waals surface area contributed by atoms with Gasteiger partial charge in [0.15, 0.2) is 0 Å². The molecule has 0 heterocycles. The maximum atomic E-state index is 6.00. The van der Waals surface area contributed by atoms with Gasteiger partial charge in [-0.2, -0.15) is 0 Å². The van der Waals surface area contributed by atoms with Crippen molar-refractivity contribution in [3.63, 3.8) is 0 Å². The lowest BCUT2D eigenvalue weighted by atomic mass is 10.5. The molecule has 0 rings (SSSR count). The third kappa shape index (κ3) is 5.23. The van der Waals surface area contributed by atoms with E-state index in [9.17, 15) is 0 Å². The van der Waals surface area contributed by atoms with Gasteiger partial charge in [-0.15, -0.1) is 0 Å². The first-order chi connectivity index (χ1) is 6.66. The Balaban J connectivity index is 0. The van der Waals surface area contributed by atoms with Crippen molar-refractivity contribution in [2.24, 2.45) is 5.73 Å². The molecule has 0 aliphatic rings. The molecule has 0 amide bonds. The number of nitrogens with two attached hydrogens (primary N) is 1. The topological polar surface area (TPSA) is 53.7 Å². The van der Waals surface area contributed by atoms with E-state index in [1.54, 1.807) is 0 Å². The predicted octanol–water partition coefficient (Wildman–Crippen LogP) is -0.140. The summed E-state index contributed by atoms with van der Waals surface area (Å²) in [5.41, 5.74) is 5.87. The summed E-state index contributed by atoms with van der Waals surface area (Å²) in [4.78, 5) is 0. The van der Waals surface area contributed by atoms with E-state index in [1.807, 2.05) is 27.7 Å². The van der Waals surface area contributed by atoms with E-state index in [1.165, 1.54) is 0 Å². The third-order valence-electron chi connectivity index (χ3n) is 1.93. The highest BCUT2D eigenvalue weighted by atomic mass is 28.4. The fourth-order valence-corrected chi connectivity index (χ4v) is 3.90. The van der Waals surface area contributed by atoms with Crippen LogP contribution in [-0.4, -0.2) is 45.3 Å². The average Bonchev–Trinajstić information content (AvgIpc) is 2.17. The van der Waals surface area contributed by atoms with Crippen LogP contribution in [0.5, 0.6) is 0 Å². The van der Waals surface area contributed by atoms with Crippen molar-refractivity contribution in [3.05, 3.63) is 0 Å². The van der Waals surface area contributed by atoms with Crippen LogP contribution in [0.1, 0.15) is 34.1 Å². The molecule has 2 N–H and O–H groups in total. The van der Waals surface area contributed by atoms with Gasteiger partial charge in [0.1, 0.15) is 0 Å². The van der Waals surface area contributed by atoms with Crippen LogP contribution in [0.3, 0.4) is 0 Å². The van der Waals surface area contributed by atoms with Crippen molar-refractivity contribution in [1.29, 1.82) is 0 Å². The lowest BCUT2D eigenvalue weighted by Crippen LogP contribution is -2.60. The van der Waals surface area contributed by atoms with Crippen LogP contribution in [0.4, 0.5) is 0 Å². The van der Waals surface area contributed by atoms with Crippen molar-refractivity contribution >= 4 is 19.8 Å². The highest BCUT2D eigenvalue weighted by Crippen LogP contribution is 2.15. The highest BCUT2D eigenvalue weighted by molar-refractivity contribution is 6.62. The summed E-state index contributed by atoms with van der Waals surface area (Å²) in [6.07, 6.45) is 0.812. The standard InChI is InChI=1S/C9H23NO3Si.H4Si/c1-5-9(10)14(11-6-2,12-7-3)13-8-4;/h9H,5-8,10H2,1-4H3;1H4. The normalized spacial score (nSPS) is 13.4. The first-order valence-electron chi connectivity index (χ1n) is 5.34.